The largest absolute Gasteiger partial charge is 0.490 e. The van der Waals surface area contributed by atoms with Crippen LogP contribution < -0.4 is 9.47 Å². The van der Waals surface area contributed by atoms with Crippen LogP contribution >= 0.6 is 0 Å². The Kier molecular flexibility index (Phi) is 6.73. The van der Waals surface area contributed by atoms with Crippen LogP contribution in [0, 0.1) is 0 Å². The molecule has 1 fully saturated rings. The van der Waals surface area contributed by atoms with Crippen molar-refractivity contribution in [1.29, 1.82) is 0 Å². The number of sulfonamides is 1. The van der Waals surface area contributed by atoms with Crippen molar-refractivity contribution in [2.45, 2.75) is 18.7 Å². The second-order valence-corrected chi connectivity index (χ2v) is 8.65. The Labute approximate surface area is 176 Å². The molecule has 8 nitrogen and oxygen atoms in total. The van der Waals surface area contributed by atoms with Crippen LogP contribution in [0.2, 0.25) is 0 Å². The number of para-hydroxylation sites is 2. The number of carbonyl (C=O) groups excluding carboxylic acids is 2. The predicted molar refractivity (Wildman–Crippen MR) is 110 cm³/mol. The number of esters is 1. The number of piperazine rings is 1. The molecule has 0 N–H and O–H groups in total. The first-order chi connectivity index (χ1) is 14.3. The first-order valence-electron chi connectivity index (χ1n) is 9.62. The van der Waals surface area contributed by atoms with Crippen molar-refractivity contribution >= 4 is 21.9 Å². The predicted octanol–water partition coefficient (Wildman–Crippen LogP) is 2.16. The molecule has 3 rings (SSSR count). The lowest BCUT2D eigenvalue weighted by Gasteiger charge is -2.33. The van der Waals surface area contributed by atoms with Crippen molar-refractivity contribution in [2.24, 2.45) is 0 Å². The zero-order valence-electron chi connectivity index (χ0n) is 16.9. The molecule has 0 unspecified atom stereocenters. The molecule has 0 atom stereocenters. The van der Waals surface area contributed by atoms with Crippen LogP contribution in [-0.2, 0) is 14.8 Å². The van der Waals surface area contributed by atoms with Gasteiger partial charge in [-0.2, -0.15) is 4.31 Å². The average molecular weight is 432 g/mol. The van der Waals surface area contributed by atoms with Gasteiger partial charge in [-0.3, -0.25) is 4.79 Å². The van der Waals surface area contributed by atoms with Crippen molar-refractivity contribution in [1.82, 2.24) is 9.21 Å². The monoisotopic (exact) mass is 432 g/mol. The van der Waals surface area contributed by atoms with Gasteiger partial charge in [0.25, 0.3) is 0 Å². The number of hydrogen-bond donors (Lipinski definition) is 0. The van der Waals surface area contributed by atoms with E-state index in [0.717, 1.165) is 0 Å². The summed E-state index contributed by atoms with van der Waals surface area (Å²) in [5.41, 5.74) is 0.116. The van der Waals surface area contributed by atoms with E-state index in [1.807, 2.05) is 6.92 Å². The summed E-state index contributed by atoms with van der Waals surface area (Å²) < 4.78 is 38.2. The van der Waals surface area contributed by atoms with Crippen LogP contribution in [0.5, 0.6) is 11.5 Å². The van der Waals surface area contributed by atoms with Crippen molar-refractivity contribution < 1.29 is 27.5 Å². The molecular formula is C21H24N2O6S. The molecule has 9 heteroatoms. The molecule has 160 valence electrons. The van der Waals surface area contributed by atoms with Crippen molar-refractivity contribution in [3.05, 3.63) is 54.1 Å². The van der Waals surface area contributed by atoms with E-state index in [-0.39, 0.29) is 35.2 Å². The van der Waals surface area contributed by atoms with Gasteiger partial charge in [0.1, 0.15) is 0 Å². The van der Waals surface area contributed by atoms with E-state index in [1.54, 1.807) is 29.2 Å². The minimum absolute atomic E-state index is 0.00585. The van der Waals surface area contributed by atoms with Gasteiger partial charge < -0.3 is 14.4 Å². The number of benzene rings is 2. The zero-order chi connectivity index (χ0) is 21.7. The Morgan fingerprint density at radius 1 is 0.967 bits per heavy atom. The summed E-state index contributed by atoms with van der Waals surface area (Å²) in [6.45, 7) is 4.79. The number of amides is 1. The molecule has 30 heavy (non-hydrogen) atoms. The highest BCUT2D eigenvalue weighted by molar-refractivity contribution is 7.89. The standard InChI is InChI=1S/C21H24N2O6S/c1-3-28-19-9-4-5-10-20(19)29-21(25)17-7-6-8-18(15-17)30(26,27)23-13-11-22(12-14-23)16(2)24/h4-10,15H,3,11-14H2,1-2H3. The van der Waals surface area contributed by atoms with Gasteiger partial charge in [0.15, 0.2) is 11.5 Å². The Morgan fingerprint density at radius 2 is 1.63 bits per heavy atom. The van der Waals surface area contributed by atoms with Crippen LogP contribution in [0.4, 0.5) is 0 Å². The third kappa shape index (κ3) is 4.80. The first-order valence-corrected chi connectivity index (χ1v) is 11.1. The average Bonchev–Trinajstić information content (AvgIpc) is 2.75. The molecular weight excluding hydrogens is 408 g/mol. The number of hydrogen-bond acceptors (Lipinski definition) is 6. The Morgan fingerprint density at radius 3 is 2.27 bits per heavy atom. The van der Waals surface area contributed by atoms with Crippen LogP contribution in [0.1, 0.15) is 24.2 Å². The Bertz CT molecular complexity index is 1030. The SMILES string of the molecule is CCOc1ccccc1OC(=O)c1cccc(S(=O)(=O)N2CCN(C(C)=O)CC2)c1. The number of ether oxygens (including phenoxy) is 2. The quantitative estimate of drug-likeness (QED) is 0.513. The smallest absolute Gasteiger partial charge is 0.343 e. The second-order valence-electron chi connectivity index (χ2n) is 6.71. The van der Waals surface area contributed by atoms with E-state index in [2.05, 4.69) is 0 Å². The van der Waals surface area contributed by atoms with E-state index < -0.39 is 16.0 Å². The van der Waals surface area contributed by atoms with Gasteiger partial charge in [-0.1, -0.05) is 18.2 Å². The topological polar surface area (TPSA) is 93.2 Å². The molecule has 0 aromatic heterocycles. The zero-order valence-corrected chi connectivity index (χ0v) is 17.7. The summed E-state index contributed by atoms with van der Waals surface area (Å²) in [5, 5.41) is 0. The van der Waals surface area contributed by atoms with Crippen LogP contribution in [0.25, 0.3) is 0 Å². The molecule has 2 aromatic rings. The second kappa shape index (κ2) is 9.27. The molecule has 0 spiro atoms. The highest BCUT2D eigenvalue weighted by Crippen LogP contribution is 2.27. The lowest BCUT2D eigenvalue weighted by molar-refractivity contribution is -0.129. The van der Waals surface area contributed by atoms with E-state index in [4.69, 9.17) is 9.47 Å². The third-order valence-electron chi connectivity index (χ3n) is 4.74. The Balaban J connectivity index is 1.77. The van der Waals surface area contributed by atoms with Crippen molar-refractivity contribution in [2.75, 3.05) is 32.8 Å². The summed E-state index contributed by atoms with van der Waals surface area (Å²) in [6.07, 6.45) is 0. The van der Waals surface area contributed by atoms with Crippen molar-refractivity contribution in [3.8, 4) is 11.5 Å². The maximum atomic E-state index is 13.0. The molecule has 0 radical (unpaired) electrons. The molecule has 2 aromatic carbocycles. The van der Waals surface area contributed by atoms with Gasteiger partial charge >= 0.3 is 5.97 Å². The molecule has 1 aliphatic heterocycles. The van der Waals surface area contributed by atoms with Crippen LogP contribution in [0.3, 0.4) is 0 Å². The van der Waals surface area contributed by atoms with Crippen molar-refractivity contribution in [3.63, 3.8) is 0 Å². The fraction of sp³-hybridized carbons (Fsp3) is 0.333. The summed E-state index contributed by atoms with van der Waals surface area (Å²) in [7, 11) is -3.79. The summed E-state index contributed by atoms with van der Waals surface area (Å²) in [4.78, 5) is 25.7. The number of rotatable bonds is 6. The lowest BCUT2D eigenvalue weighted by Crippen LogP contribution is -2.49. The van der Waals surface area contributed by atoms with Crippen LogP contribution in [0.15, 0.2) is 53.4 Å². The van der Waals surface area contributed by atoms with Gasteiger partial charge in [0.2, 0.25) is 15.9 Å². The third-order valence-corrected chi connectivity index (χ3v) is 6.64. The van der Waals surface area contributed by atoms with E-state index in [1.165, 1.54) is 35.5 Å². The van der Waals surface area contributed by atoms with Gasteiger partial charge in [0, 0.05) is 33.1 Å². The maximum Gasteiger partial charge on any atom is 0.343 e. The molecule has 0 aliphatic carbocycles. The minimum atomic E-state index is -3.79. The molecule has 1 heterocycles. The van der Waals surface area contributed by atoms with Gasteiger partial charge in [-0.15, -0.1) is 0 Å². The fourth-order valence-electron chi connectivity index (χ4n) is 3.14. The van der Waals surface area contributed by atoms with Gasteiger partial charge in [0.05, 0.1) is 17.1 Å². The summed E-state index contributed by atoms with van der Waals surface area (Å²) in [5.74, 6) is -0.0665. The van der Waals surface area contributed by atoms with Gasteiger partial charge in [-0.25, -0.2) is 13.2 Å². The minimum Gasteiger partial charge on any atom is -0.490 e. The molecule has 0 saturated carbocycles. The molecule has 1 aliphatic rings. The Hall–Kier alpha value is -2.91. The molecule has 1 saturated heterocycles. The normalized spacial score (nSPS) is 14.9. The van der Waals surface area contributed by atoms with Crippen LogP contribution in [-0.4, -0.2) is 62.3 Å². The summed E-state index contributed by atoms with van der Waals surface area (Å²) in [6, 6.07) is 12.5. The molecule has 1 amide bonds. The lowest BCUT2D eigenvalue weighted by atomic mass is 10.2. The van der Waals surface area contributed by atoms with E-state index >= 15 is 0 Å². The highest BCUT2D eigenvalue weighted by Gasteiger charge is 2.29. The summed E-state index contributed by atoms with van der Waals surface area (Å²) >= 11 is 0. The maximum absolute atomic E-state index is 13.0. The fourth-order valence-corrected chi connectivity index (χ4v) is 4.61. The highest BCUT2D eigenvalue weighted by atomic mass is 32.2. The first kappa shape index (κ1) is 21.8. The van der Waals surface area contributed by atoms with E-state index in [9.17, 15) is 18.0 Å². The van der Waals surface area contributed by atoms with E-state index in [0.29, 0.717) is 25.4 Å². The van der Waals surface area contributed by atoms with Gasteiger partial charge in [-0.05, 0) is 37.3 Å². The number of carbonyl (C=O) groups is 2. The molecule has 0 bridgehead atoms. The number of nitrogens with zero attached hydrogens (tertiary/aromatic N) is 2.